The van der Waals surface area contributed by atoms with Crippen LogP contribution in [0, 0.1) is 0 Å². The van der Waals surface area contributed by atoms with Crippen molar-refractivity contribution < 1.29 is 14.8 Å². The molecular formula is C10H12NO2+. The second-order valence-corrected chi connectivity index (χ2v) is 3.07. The van der Waals surface area contributed by atoms with Gasteiger partial charge in [0.05, 0.1) is 7.11 Å². The maximum Gasteiger partial charge on any atom is 0.169 e. The van der Waals surface area contributed by atoms with Gasteiger partial charge in [-0.05, 0) is 17.7 Å². The van der Waals surface area contributed by atoms with E-state index in [9.17, 15) is 5.11 Å². The lowest BCUT2D eigenvalue weighted by molar-refractivity contribution is -0.452. The molecule has 0 aromatic heterocycles. The quantitative estimate of drug-likeness (QED) is 0.606. The van der Waals surface area contributed by atoms with Crippen LogP contribution in [0.25, 0.3) is 0 Å². The molecular weight excluding hydrogens is 166 g/mol. The molecule has 1 aromatic rings. The average Bonchev–Trinajstić information content (AvgIpc) is 2.17. The number of ether oxygens (including phenoxy) is 1. The number of phenols is 1. The van der Waals surface area contributed by atoms with Crippen LogP contribution in [0.5, 0.6) is 11.5 Å². The van der Waals surface area contributed by atoms with E-state index in [2.05, 4.69) is 4.99 Å². The van der Waals surface area contributed by atoms with Gasteiger partial charge in [-0.2, -0.15) is 0 Å². The Bertz CT molecular complexity index is 358. The Kier molecular flexibility index (Phi) is 1.93. The summed E-state index contributed by atoms with van der Waals surface area (Å²) >= 11 is 0. The number of rotatable bonds is 1. The first-order valence-corrected chi connectivity index (χ1v) is 4.28. The predicted octanol–water partition coefficient (Wildman–Crippen LogP) is -0.544. The van der Waals surface area contributed by atoms with Crippen LogP contribution >= 0.6 is 0 Å². The summed E-state index contributed by atoms with van der Waals surface area (Å²) in [5.41, 5.74) is 2.26. The van der Waals surface area contributed by atoms with E-state index in [0.717, 1.165) is 18.5 Å². The molecule has 3 heteroatoms. The maximum absolute atomic E-state index is 9.49. The lowest BCUT2D eigenvalue weighted by Crippen LogP contribution is -2.71. The van der Waals surface area contributed by atoms with Crippen molar-refractivity contribution in [2.24, 2.45) is 0 Å². The van der Waals surface area contributed by atoms with Gasteiger partial charge in [0.25, 0.3) is 0 Å². The summed E-state index contributed by atoms with van der Waals surface area (Å²) < 4.78 is 5.03. The molecule has 1 heterocycles. The van der Waals surface area contributed by atoms with Gasteiger partial charge in [0.15, 0.2) is 17.7 Å². The van der Waals surface area contributed by atoms with Crippen LogP contribution in [0.15, 0.2) is 12.1 Å². The van der Waals surface area contributed by atoms with E-state index in [1.54, 1.807) is 13.2 Å². The summed E-state index contributed by atoms with van der Waals surface area (Å²) in [4.78, 5) is 3.13. The van der Waals surface area contributed by atoms with Crippen molar-refractivity contribution in [1.82, 2.24) is 0 Å². The van der Waals surface area contributed by atoms with Gasteiger partial charge in [0, 0.05) is 12.0 Å². The fourth-order valence-electron chi connectivity index (χ4n) is 1.53. The van der Waals surface area contributed by atoms with Crippen LogP contribution in [0.3, 0.4) is 0 Å². The number of fused-ring (bicyclic) bond motifs is 1. The zero-order valence-corrected chi connectivity index (χ0v) is 7.50. The number of methoxy groups -OCH3 is 1. The summed E-state index contributed by atoms with van der Waals surface area (Å²) in [6.45, 7) is 0.945. The Labute approximate surface area is 76.7 Å². The summed E-state index contributed by atoms with van der Waals surface area (Å²) in [5.74, 6) is 0.746. The van der Waals surface area contributed by atoms with Crippen LogP contribution in [-0.2, 0) is 6.42 Å². The molecule has 0 atom stereocenters. The molecule has 0 amide bonds. The van der Waals surface area contributed by atoms with Crippen molar-refractivity contribution in [2.75, 3.05) is 13.7 Å². The molecule has 0 spiro atoms. The normalized spacial score (nSPS) is 13.9. The van der Waals surface area contributed by atoms with Crippen molar-refractivity contribution in [1.29, 1.82) is 0 Å². The van der Waals surface area contributed by atoms with Crippen LogP contribution in [0.2, 0.25) is 0 Å². The van der Waals surface area contributed by atoms with Crippen molar-refractivity contribution in [3.8, 4) is 11.5 Å². The molecule has 13 heavy (non-hydrogen) atoms. The van der Waals surface area contributed by atoms with Crippen molar-refractivity contribution in [2.45, 2.75) is 6.42 Å². The van der Waals surface area contributed by atoms with Crippen molar-refractivity contribution >= 4 is 6.21 Å². The summed E-state index contributed by atoms with van der Waals surface area (Å²) in [5, 5.41) is 9.49. The van der Waals surface area contributed by atoms with Gasteiger partial charge >= 0.3 is 0 Å². The standard InChI is InChI=1S/C10H11NO2/c1-13-10-5-7-2-3-11-6-8(7)4-9(10)12/h4-6,12H,2-3H2,1H3/p+1. The predicted molar refractivity (Wildman–Crippen MR) is 49.4 cm³/mol. The fourth-order valence-corrected chi connectivity index (χ4v) is 1.53. The highest BCUT2D eigenvalue weighted by molar-refractivity contribution is 5.79. The topological polar surface area (TPSA) is 43.4 Å². The number of hydrogen-bond donors (Lipinski definition) is 2. The minimum Gasteiger partial charge on any atom is -0.504 e. The van der Waals surface area contributed by atoms with E-state index in [1.807, 2.05) is 12.3 Å². The van der Waals surface area contributed by atoms with Gasteiger partial charge in [0.1, 0.15) is 6.54 Å². The Balaban J connectivity index is 2.52. The third kappa shape index (κ3) is 1.37. The monoisotopic (exact) mass is 178 g/mol. The Morgan fingerprint density at radius 3 is 3.08 bits per heavy atom. The molecule has 68 valence electrons. The lowest BCUT2D eigenvalue weighted by atomic mass is 10.0. The zero-order valence-electron chi connectivity index (χ0n) is 7.50. The van der Waals surface area contributed by atoms with Crippen LogP contribution in [-0.4, -0.2) is 25.0 Å². The molecule has 1 aliphatic rings. The molecule has 0 aliphatic carbocycles. The van der Waals surface area contributed by atoms with E-state index in [1.165, 1.54) is 5.56 Å². The fraction of sp³-hybridized carbons (Fsp3) is 0.300. The molecule has 1 aliphatic heterocycles. The van der Waals surface area contributed by atoms with Gasteiger partial charge in [-0.25, -0.2) is 4.99 Å². The van der Waals surface area contributed by atoms with Gasteiger partial charge in [-0.1, -0.05) is 0 Å². The number of nitrogens with one attached hydrogen (secondary N) is 1. The highest BCUT2D eigenvalue weighted by Crippen LogP contribution is 2.28. The van der Waals surface area contributed by atoms with Crippen molar-refractivity contribution in [3.05, 3.63) is 23.3 Å². The number of hydrogen-bond acceptors (Lipinski definition) is 2. The largest absolute Gasteiger partial charge is 0.504 e. The molecule has 0 saturated heterocycles. The van der Waals surface area contributed by atoms with E-state index >= 15 is 0 Å². The Morgan fingerprint density at radius 2 is 2.31 bits per heavy atom. The molecule has 3 nitrogen and oxygen atoms in total. The van der Waals surface area contributed by atoms with E-state index < -0.39 is 0 Å². The number of benzene rings is 1. The van der Waals surface area contributed by atoms with E-state index in [-0.39, 0.29) is 5.75 Å². The molecule has 0 fully saturated rings. The van der Waals surface area contributed by atoms with Gasteiger partial charge in [-0.15, -0.1) is 0 Å². The summed E-state index contributed by atoms with van der Waals surface area (Å²) in [6, 6.07) is 3.61. The van der Waals surface area contributed by atoms with Crippen LogP contribution < -0.4 is 9.73 Å². The molecule has 2 rings (SSSR count). The molecule has 0 unspecified atom stereocenters. The van der Waals surface area contributed by atoms with Crippen molar-refractivity contribution in [3.63, 3.8) is 0 Å². The van der Waals surface area contributed by atoms with Gasteiger partial charge in [0.2, 0.25) is 0 Å². The SMILES string of the molecule is COc1cc2c(cc1O)C=[NH+]CC2. The highest BCUT2D eigenvalue weighted by Gasteiger charge is 2.13. The second-order valence-electron chi connectivity index (χ2n) is 3.07. The first-order valence-electron chi connectivity index (χ1n) is 4.28. The lowest BCUT2D eigenvalue weighted by Gasteiger charge is -2.09. The van der Waals surface area contributed by atoms with Gasteiger partial charge < -0.3 is 9.84 Å². The third-order valence-corrected chi connectivity index (χ3v) is 2.24. The third-order valence-electron chi connectivity index (χ3n) is 2.24. The molecule has 1 aromatic carbocycles. The summed E-state index contributed by atoms with van der Waals surface area (Å²) in [6.07, 6.45) is 2.89. The maximum atomic E-state index is 9.49. The first kappa shape index (κ1) is 8.10. The van der Waals surface area contributed by atoms with Crippen LogP contribution in [0.1, 0.15) is 11.1 Å². The minimum atomic E-state index is 0.196. The highest BCUT2D eigenvalue weighted by atomic mass is 16.5. The number of phenolic OH excluding ortho intramolecular Hbond substituents is 1. The smallest absolute Gasteiger partial charge is 0.169 e. The first-order chi connectivity index (χ1) is 6.31. The molecule has 0 radical (unpaired) electrons. The summed E-state index contributed by atoms with van der Waals surface area (Å²) in [7, 11) is 1.56. The second kappa shape index (κ2) is 3.09. The van der Waals surface area contributed by atoms with Gasteiger partial charge in [-0.3, -0.25) is 0 Å². The number of aromatic hydroxyl groups is 1. The molecule has 0 saturated carbocycles. The minimum absolute atomic E-state index is 0.196. The van der Waals surface area contributed by atoms with E-state index in [0.29, 0.717) is 5.75 Å². The Morgan fingerprint density at radius 1 is 1.46 bits per heavy atom. The molecule has 2 N–H and O–H groups in total. The Hall–Kier alpha value is -1.51. The average molecular weight is 178 g/mol. The molecule has 0 bridgehead atoms. The zero-order chi connectivity index (χ0) is 9.26. The van der Waals surface area contributed by atoms with Crippen LogP contribution in [0.4, 0.5) is 0 Å². The van der Waals surface area contributed by atoms with E-state index in [4.69, 9.17) is 4.74 Å².